The van der Waals surface area contributed by atoms with Crippen LogP contribution in [0.15, 0.2) is 90.1 Å². The van der Waals surface area contributed by atoms with Gasteiger partial charge in [0, 0.05) is 24.2 Å². The fourth-order valence-corrected chi connectivity index (χ4v) is 5.45. The molecule has 0 bridgehead atoms. The Kier molecular flexibility index (Phi) is 8.99. The summed E-state index contributed by atoms with van der Waals surface area (Å²) >= 11 is 0. The van der Waals surface area contributed by atoms with Gasteiger partial charge in [0.15, 0.2) is 5.41 Å². The third-order valence-corrected chi connectivity index (χ3v) is 7.63. The van der Waals surface area contributed by atoms with Gasteiger partial charge in [-0.1, -0.05) is 73.5 Å². The minimum Gasteiger partial charge on any atom is -0.323 e. The Bertz CT molecular complexity index is 1620. The number of hydrogen-bond donors (Lipinski definition) is 4. The molecular formula is C33H33N5O4. The summed E-state index contributed by atoms with van der Waals surface area (Å²) in [7, 11) is 0. The summed E-state index contributed by atoms with van der Waals surface area (Å²) in [5.74, 6) is -1.43. The number of benzene rings is 3. The van der Waals surface area contributed by atoms with E-state index >= 15 is 0 Å². The second-order valence-corrected chi connectivity index (χ2v) is 10.3. The zero-order valence-corrected chi connectivity index (χ0v) is 23.2. The van der Waals surface area contributed by atoms with E-state index in [4.69, 9.17) is 5.21 Å². The molecule has 1 aromatic heterocycles. The molecule has 5 rings (SSSR count). The number of pyridine rings is 1. The van der Waals surface area contributed by atoms with Gasteiger partial charge in [-0.05, 0) is 55.0 Å². The Morgan fingerprint density at radius 2 is 1.55 bits per heavy atom. The molecule has 1 aliphatic heterocycles. The number of hydrogen-bond acceptors (Lipinski definition) is 6. The van der Waals surface area contributed by atoms with E-state index in [1.54, 1.807) is 35.9 Å². The molecule has 1 atom stereocenters. The summed E-state index contributed by atoms with van der Waals surface area (Å²) in [6, 6.07) is 24.0. The van der Waals surface area contributed by atoms with Crippen molar-refractivity contribution in [3.63, 3.8) is 0 Å². The Morgan fingerprint density at radius 1 is 0.810 bits per heavy atom. The zero-order chi connectivity index (χ0) is 29.4. The molecule has 0 spiro atoms. The molecule has 9 nitrogen and oxygen atoms in total. The van der Waals surface area contributed by atoms with Gasteiger partial charge in [-0.25, -0.2) is 5.48 Å². The number of aryl methyl sites for hydroxylation is 1. The number of nitrogens with one attached hydrogen (secondary N) is 3. The molecule has 0 saturated heterocycles. The van der Waals surface area contributed by atoms with Crippen LogP contribution in [0.3, 0.4) is 0 Å². The Balaban J connectivity index is 1.54. The molecule has 42 heavy (non-hydrogen) atoms. The van der Waals surface area contributed by atoms with Gasteiger partial charge in [0.05, 0.1) is 22.6 Å². The van der Waals surface area contributed by atoms with Gasteiger partial charge >= 0.3 is 0 Å². The fraction of sp³-hybridized carbons (Fsp3) is 0.242. The number of amides is 3. The molecule has 3 aromatic carbocycles. The molecular weight excluding hydrogens is 530 g/mol. The number of aliphatic imine (C=N–C) groups is 1. The first-order valence-electron chi connectivity index (χ1n) is 14.1. The highest BCUT2D eigenvalue weighted by atomic mass is 16.5. The van der Waals surface area contributed by atoms with E-state index in [1.165, 1.54) is 0 Å². The van der Waals surface area contributed by atoms with Crippen molar-refractivity contribution >= 4 is 51.9 Å². The van der Waals surface area contributed by atoms with Crippen molar-refractivity contribution < 1.29 is 19.6 Å². The summed E-state index contributed by atoms with van der Waals surface area (Å²) < 4.78 is 0. The van der Waals surface area contributed by atoms with Gasteiger partial charge in [-0.2, -0.15) is 0 Å². The predicted octanol–water partition coefficient (Wildman–Crippen LogP) is 5.85. The highest BCUT2D eigenvalue weighted by Crippen LogP contribution is 2.38. The molecule has 9 heteroatoms. The molecule has 0 radical (unpaired) electrons. The lowest BCUT2D eigenvalue weighted by atomic mass is 9.74. The number of para-hydroxylation sites is 2. The summed E-state index contributed by atoms with van der Waals surface area (Å²) in [4.78, 5) is 49.5. The third-order valence-electron chi connectivity index (χ3n) is 7.63. The van der Waals surface area contributed by atoms with E-state index in [9.17, 15) is 14.4 Å². The summed E-state index contributed by atoms with van der Waals surface area (Å²) in [6.07, 6.45) is 7.03. The molecule has 214 valence electrons. The van der Waals surface area contributed by atoms with Crippen molar-refractivity contribution in [3.05, 3.63) is 96.2 Å². The average molecular weight is 564 g/mol. The average Bonchev–Trinajstić information content (AvgIpc) is 3.03. The summed E-state index contributed by atoms with van der Waals surface area (Å²) in [5, 5.41) is 15.8. The molecule has 4 N–H and O–H groups in total. The first kappa shape index (κ1) is 28.6. The van der Waals surface area contributed by atoms with Gasteiger partial charge < -0.3 is 10.6 Å². The monoisotopic (exact) mass is 563 g/mol. The number of aromatic nitrogens is 1. The standard InChI is InChI=1S/C33H33N5O4/c39-28(38-42)19-5-2-6-20-33(25-15-3-1-4-16-25,31(40)36-26-17-7-11-23-13-9-21-34-29(23)26)32(41)37-27-18-8-12-24-14-10-22-35-30(24)27/h1,3-4,7-9,11-13,15-18,21-22,42H,2,5-6,10,14,19-20H2,(H,36,40)(H,37,41)(H,38,39). The molecule has 0 aliphatic carbocycles. The van der Waals surface area contributed by atoms with Crippen molar-refractivity contribution in [2.45, 2.75) is 50.4 Å². The number of unbranched alkanes of at least 4 members (excludes halogenated alkanes) is 2. The van der Waals surface area contributed by atoms with E-state index in [0.717, 1.165) is 23.8 Å². The highest BCUT2D eigenvalue weighted by Gasteiger charge is 2.47. The van der Waals surface area contributed by atoms with Crippen LogP contribution < -0.4 is 16.1 Å². The number of rotatable bonds is 11. The van der Waals surface area contributed by atoms with Crippen LogP contribution in [0.4, 0.5) is 17.1 Å². The normalized spacial score (nSPS) is 13.5. The minimum atomic E-state index is -1.61. The second-order valence-electron chi connectivity index (χ2n) is 10.3. The van der Waals surface area contributed by atoms with Crippen LogP contribution in [0.2, 0.25) is 0 Å². The van der Waals surface area contributed by atoms with Gasteiger partial charge in [-0.15, -0.1) is 0 Å². The first-order chi connectivity index (χ1) is 20.5. The van der Waals surface area contributed by atoms with Crippen molar-refractivity contribution in [1.29, 1.82) is 0 Å². The predicted molar refractivity (Wildman–Crippen MR) is 163 cm³/mol. The van der Waals surface area contributed by atoms with Gasteiger partial charge in [0.2, 0.25) is 17.7 Å². The second kappa shape index (κ2) is 13.2. The molecule has 2 heterocycles. The minimum absolute atomic E-state index is 0.142. The largest absolute Gasteiger partial charge is 0.323 e. The maximum Gasteiger partial charge on any atom is 0.244 e. The number of nitrogens with zero attached hydrogens (tertiary/aromatic N) is 2. The Morgan fingerprint density at radius 3 is 2.36 bits per heavy atom. The van der Waals surface area contributed by atoms with Gasteiger partial charge in [-0.3, -0.25) is 29.6 Å². The highest BCUT2D eigenvalue weighted by molar-refractivity contribution is 6.20. The molecule has 4 aromatic rings. The van der Waals surface area contributed by atoms with Crippen LogP contribution in [0.1, 0.15) is 49.7 Å². The fourth-order valence-electron chi connectivity index (χ4n) is 5.45. The number of anilines is 2. The lowest BCUT2D eigenvalue weighted by molar-refractivity contribution is -0.132. The van der Waals surface area contributed by atoms with E-state index in [2.05, 4.69) is 20.6 Å². The number of carbonyl (C=O) groups is 3. The molecule has 3 amide bonds. The van der Waals surface area contributed by atoms with Crippen molar-refractivity contribution in [2.24, 2.45) is 4.99 Å². The molecule has 0 fully saturated rings. The maximum atomic E-state index is 14.5. The van der Waals surface area contributed by atoms with E-state index in [-0.39, 0.29) is 12.8 Å². The first-order valence-corrected chi connectivity index (χ1v) is 14.1. The smallest absolute Gasteiger partial charge is 0.244 e. The van der Waals surface area contributed by atoms with Crippen LogP contribution in [-0.2, 0) is 26.2 Å². The SMILES string of the molecule is O=C(CCCCCC(C(=O)Nc1cccc2c1N=CCC2)(C(=O)Nc1cccc2cccnc12)c1ccccc1)NO. The lowest BCUT2D eigenvalue weighted by Gasteiger charge is -2.32. The number of carbonyl (C=O) groups excluding carboxylic acids is 3. The van der Waals surface area contributed by atoms with E-state index in [1.807, 2.05) is 60.8 Å². The summed E-state index contributed by atoms with van der Waals surface area (Å²) in [6.45, 7) is 0. The molecule has 0 saturated carbocycles. The van der Waals surface area contributed by atoms with E-state index in [0.29, 0.717) is 47.4 Å². The topological polar surface area (TPSA) is 133 Å². The quantitative estimate of drug-likeness (QED) is 0.0786. The van der Waals surface area contributed by atoms with Crippen LogP contribution in [0.5, 0.6) is 0 Å². The van der Waals surface area contributed by atoms with Crippen LogP contribution in [-0.4, -0.2) is 34.1 Å². The molecule has 1 aliphatic rings. The van der Waals surface area contributed by atoms with Crippen molar-refractivity contribution in [3.8, 4) is 0 Å². The number of hydroxylamine groups is 1. The zero-order valence-electron chi connectivity index (χ0n) is 23.2. The van der Waals surface area contributed by atoms with Crippen LogP contribution in [0, 0.1) is 0 Å². The van der Waals surface area contributed by atoms with Gasteiger partial charge in [0.25, 0.3) is 0 Å². The lowest BCUT2D eigenvalue weighted by Crippen LogP contribution is -2.50. The van der Waals surface area contributed by atoms with Crippen molar-refractivity contribution in [1.82, 2.24) is 10.5 Å². The van der Waals surface area contributed by atoms with Gasteiger partial charge in [0.1, 0.15) is 0 Å². The maximum absolute atomic E-state index is 14.5. The molecule has 1 unspecified atom stereocenters. The Hall–Kier alpha value is -4.89. The third kappa shape index (κ3) is 6.06. The van der Waals surface area contributed by atoms with Crippen molar-refractivity contribution in [2.75, 3.05) is 10.6 Å². The van der Waals surface area contributed by atoms with Crippen LogP contribution in [0.25, 0.3) is 10.9 Å². The van der Waals surface area contributed by atoms with E-state index < -0.39 is 23.1 Å². The Labute approximate surface area is 244 Å². The number of fused-ring (bicyclic) bond motifs is 2. The summed E-state index contributed by atoms with van der Waals surface area (Å²) in [5.41, 5.74) is 4.00. The van der Waals surface area contributed by atoms with Crippen LogP contribution >= 0.6 is 0 Å².